The quantitative estimate of drug-likeness (QED) is 0.436. The molecule has 2 aromatic carbocycles. The third kappa shape index (κ3) is 5.68. The Bertz CT molecular complexity index is 1240. The first kappa shape index (κ1) is 22.3. The monoisotopic (exact) mass is 454 g/mol. The number of aromatic nitrogens is 3. The van der Waals surface area contributed by atoms with Crippen LogP contribution in [0.5, 0.6) is 5.75 Å². The van der Waals surface area contributed by atoms with E-state index in [9.17, 15) is 18.0 Å². The highest BCUT2D eigenvalue weighted by atomic mass is 19.4. The molecule has 6 nitrogen and oxygen atoms in total. The van der Waals surface area contributed by atoms with Gasteiger partial charge in [0.05, 0.1) is 41.8 Å². The van der Waals surface area contributed by atoms with Gasteiger partial charge in [0.15, 0.2) is 6.61 Å². The van der Waals surface area contributed by atoms with Gasteiger partial charge in [-0.1, -0.05) is 30.3 Å². The number of hydrogen-bond donors (Lipinski definition) is 1. The summed E-state index contributed by atoms with van der Waals surface area (Å²) in [7, 11) is 0. The Morgan fingerprint density at radius 2 is 1.82 bits per heavy atom. The first-order valence-corrected chi connectivity index (χ1v) is 10.3. The van der Waals surface area contributed by atoms with Gasteiger partial charge in [0.25, 0.3) is 0 Å². The summed E-state index contributed by atoms with van der Waals surface area (Å²) >= 11 is 0. The van der Waals surface area contributed by atoms with E-state index >= 15 is 0 Å². The molecule has 0 aliphatic rings. The maximum absolute atomic E-state index is 12.5. The molecule has 0 bridgehead atoms. The highest BCUT2D eigenvalue weighted by molar-refractivity contribution is 5.80. The van der Waals surface area contributed by atoms with E-state index in [4.69, 9.17) is 0 Å². The number of carbonyl (C=O) groups excluding carboxylic acids is 1. The van der Waals surface area contributed by atoms with Crippen LogP contribution in [-0.4, -0.2) is 33.5 Å². The fraction of sp³-hybridized carbons (Fsp3) is 0.208. The summed E-state index contributed by atoms with van der Waals surface area (Å²) in [4.78, 5) is 16.5. The van der Waals surface area contributed by atoms with Crippen LogP contribution in [0.15, 0.2) is 73.1 Å². The van der Waals surface area contributed by atoms with Gasteiger partial charge >= 0.3 is 6.18 Å². The van der Waals surface area contributed by atoms with Crippen molar-refractivity contribution in [1.29, 1.82) is 0 Å². The maximum Gasteiger partial charge on any atom is 0.422 e. The number of benzene rings is 2. The number of nitrogens with one attached hydrogen (secondary N) is 1. The zero-order chi connectivity index (χ0) is 23.4. The zero-order valence-corrected chi connectivity index (χ0v) is 17.7. The number of fused-ring (bicyclic) bond motifs is 1. The molecule has 0 spiro atoms. The lowest BCUT2D eigenvalue weighted by molar-refractivity contribution is -0.153. The third-order valence-corrected chi connectivity index (χ3v) is 5.01. The van der Waals surface area contributed by atoms with Crippen molar-refractivity contribution in [1.82, 2.24) is 20.1 Å². The standard InChI is InChI=1S/C24H21F3N4O2/c1-16(21-11-10-20(14-28-21)33-15-24(25,26)27)30-23(32)12-17-6-8-19(9-7-17)31-22-5-3-2-4-18(22)13-29-31/h2-11,13-14,16H,12,15H2,1H3,(H,30,32)/t16-/m1/s1. The van der Waals surface area contributed by atoms with Crippen molar-refractivity contribution in [2.45, 2.75) is 25.6 Å². The van der Waals surface area contributed by atoms with Crippen molar-refractivity contribution in [3.05, 3.63) is 84.3 Å². The number of halogens is 3. The largest absolute Gasteiger partial charge is 0.483 e. The molecule has 0 saturated carbocycles. The minimum Gasteiger partial charge on any atom is -0.483 e. The topological polar surface area (TPSA) is 69.0 Å². The number of rotatable bonds is 7. The lowest BCUT2D eigenvalue weighted by Crippen LogP contribution is -2.28. The first-order valence-electron chi connectivity index (χ1n) is 10.3. The second-order valence-corrected chi connectivity index (χ2v) is 7.57. The molecule has 2 heterocycles. The van der Waals surface area contributed by atoms with Crippen molar-refractivity contribution in [3.8, 4) is 11.4 Å². The van der Waals surface area contributed by atoms with Gasteiger partial charge in [0, 0.05) is 5.39 Å². The highest BCUT2D eigenvalue weighted by Gasteiger charge is 2.28. The summed E-state index contributed by atoms with van der Waals surface area (Å²) in [5.74, 6) is -0.182. The fourth-order valence-corrected chi connectivity index (χ4v) is 3.38. The predicted molar refractivity (Wildman–Crippen MR) is 117 cm³/mol. The minimum absolute atomic E-state index is 0.0136. The first-order chi connectivity index (χ1) is 15.8. The van der Waals surface area contributed by atoms with E-state index in [0.717, 1.165) is 22.2 Å². The Morgan fingerprint density at radius 1 is 1.06 bits per heavy atom. The number of carbonyl (C=O) groups is 1. The van der Waals surface area contributed by atoms with Crippen LogP contribution in [0.2, 0.25) is 0 Å². The Morgan fingerprint density at radius 3 is 2.52 bits per heavy atom. The lowest BCUT2D eigenvalue weighted by atomic mass is 10.1. The Labute approximate surface area is 188 Å². The predicted octanol–water partition coefficient (Wildman–Crippen LogP) is 4.78. The van der Waals surface area contributed by atoms with Gasteiger partial charge in [-0.05, 0) is 42.8 Å². The van der Waals surface area contributed by atoms with Crippen LogP contribution in [0, 0.1) is 0 Å². The van der Waals surface area contributed by atoms with Crippen LogP contribution in [0.25, 0.3) is 16.6 Å². The number of hydrogen-bond acceptors (Lipinski definition) is 4. The molecule has 2 aromatic heterocycles. The average Bonchev–Trinajstić information content (AvgIpc) is 3.22. The molecular formula is C24H21F3N4O2. The van der Waals surface area contributed by atoms with E-state index in [1.807, 2.05) is 53.2 Å². The molecule has 0 aliphatic carbocycles. The minimum atomic E-state index is -4.41. The van der Waals surface area contributed by atoms with E-state index in [1.54, 1.807) is 13.1 Å². The number of amides is 1. The van der Waals surface area contributed by atoms with Gasteiger partial charge in [-0.2, -0.15) is 18.3 Å². The van der Waals surface area contributed by atoms with Crippen LogP contribution in [0.4, 0.5) is 13.2 Å². The molecule has 9 heteroatoms. The summed E-state index contributed by atoms with van der Waals surface area (Å²) < 4.78 is 43.2. The summed E-state index contributed by atoms with van der Waals surface area (Å²) in [6, 6.07) is 18.0. The number of pyridine rings is 1. The van der Waals surface area contributed by atoms with Crippen LogP contribution < -0.4 is 10.1 Å². The van der Waals surface area contributed by atoms with E-state index < -0.39 is 18.8 Å². The molecule has 170 valence electrons. The van der Waals surface area contributed by atoms with Gasteiger partial charge in [0.2, 0.25) is 5.91 Å². The molecule has 0 unspecified atom stereocenters. The van der Waals surface area contributed by atoms with Gasteiger partial charge in [-0.3, -0.25) is 9.78 Å². The zero-order valence-electron chi connectivity index (χ0n) is 17.7. The van der Waals surface area contributed by atoms with Gasteiger partial charge < -0.3 is 10.1 Å². The van der Waals surface area contributed by atoms with Crippen LogP contribution >= 0.6 is 0 Å². The Hall–Kier alpha value is -3.88. The van der Waals surface area contributed by atoms with Crippen LogP contribution in [-0.2, 0) is 11.2 Å². The van der Waals surface area contributed by atoms with Crippen LogP contribution in [0.3, 0.4) is 0 Å². The van der Waals surface area contributed by atoms with Gasteiger partial charge in [-0.25, -0.2) is 4.68 Å². The second-order valence-electron chi connectivity index (χ2n) is 7.57. The number of para-hydroxylation sites is 1. The Balaban J connectivity index is 1.34. The number of ether oxygens (including phenoxy) is 1. The van der Waals surface area contributed by atoms with Crippen LogP contribution in [0.1, 0.15) is 24.2 Å². The fourth-order valence-electron chi connectivity index (χ4n) is 3.38. The van der Waals surface area contributed by atoms with Crippen molar-refractivity contribution < 1.29 is 22.7 Å². The van der Waals surface area contributed by atoms with Crippen molar-refractivity contribution >= 4 is 16.8 Å². The Kier molecular flexibility index (Phi) is 6.30. The summed E-state index contributed by atoms with van der Waals surface area (Å²) in [6.45, 7) is 0.373. The van der Waals surface area contributed by atoms with Crippen molar-refractivity contribution in [2.75, 3.05) is 6.61 Å². The van der Waals surface area contributed by atoms with Gasteiger partial charge in [-0.15, -0.1) is 0 Å². The molecule has 33 heavy (non-hydrogen) atoms. The molecule has 0 saturated heterocycles. The average molecular weight is 454 g/mol. The second kappa shape index (κ2) is 9.32. The number of nitrogens with zero attached hydrogens (tertiary/aromatic N) is 3. The molecule has 4 aromatic rings. The van der Waals surface area contributed by atoms with Crippen molar-refractivity contribution in [2.24, 2.45) is 0 Å². The molecule has 1 amide bonds. The lowest BCUT2D eigenvalue weighted by Gasteiger charge is -2.15. The normalized spacial score (nSPS) is 12.5. The van der Waals surface area contributed by atoms with E-state index in [-0.39, 0.29) is 18.1 Å². The smallest absolute Gasteiger partial charge is 0.422 e. The van der Waals surface area contributed by atoms with Crippen molar-refractivity contribution in [3.63, 3.8) is 0 Å². The molecular weight excluding hydrogens is 433 g/mol. The molecule has 1 atom stereocenters. The molecule has 0 aliphatic heterocycles. The third-order valence-electron chi connectivity index (χ3n) is 5.01. The molecule has 0 fully saturated rings. The molecule has 4 rings (SSSR count). The van der Waals surface area contributed by atoms with Gasteiger partial charge in [0.1, 0.15) is 5.75 Å². The SMILES string of the molecule is C[C@@H](NC(=O)Cc1ccc(-n2ncc3ccccc32)cc1)c1ccc(OCC(F)(F)F)cn1. The molecule has 1 N–H and O–H groups in total. The summed E-state index contributed by atoms with van der Waals surface area (Å²) in [5, 5.41) is 8.32. The summed E-state index contributed by atoms with van der Waals surface area (Å²) in [5.41, 5.74) is 3.25. The summed E-state index contributed by atoms with van der Waals surface area (Å²) in [6.07, 6.45) is -1.22. The van der Waals surface area contributed by atoms with E-state index in [1.165, 1.54) is 18.3 Å². The number of alkyl halides is 3. The van der Waals surface area contributed by atoms with E-state index in [2.05, 4.69) is 20.1 Å². The maximum atomic E-state index is 12.5. The highest BCUT2D eigenvalue weighted by Crippen LogP contribution is 2.20. The van der Waals surface area contributed by atoms with E-state index in [0.29, 0.717) is 5.69 Å². The molecule has 0 radical (unpaired) electrons.